The van der Waals surface area contributed by atoms with Gasteiger partial charge in [-0.15, -0.1) is 0 Å². The maximum atomic E-state index is 2.47. The van der Waals surface area contributed by atoms with Crippen molar-refractivity contribution in [3.8, 4) is 11.1 Å². The third kappa shape index (κ3) is 2.08. The summed E-state index contributed by atoms with van der Waals surface area (Å²) in [5.41, 5.74) is 9.34. The maximum Gasteiger partial charge on any atom is -0.0149 e. The van der Waals surface area contributed by atoms with Gasteiger partial charge in [0.25, 0.3) is 0 Å². The first kappa shape index (κ1) is 12.2. The van der Waals surface area contributed by atoms with Gasteiger partial charge < -0.3 is 0 Å². The highest BCUT2D eigenvalue weighted by Crippen LogP contribution is 2.33. The highest BCUT2D eigenvalue weighted by molar-refractivity contribution is 5.70. The first-order valence-electron chi connectivity index (χ1n) is 8.15. The molecule has 20 heavy (non-hydrogen) atoms. The van der Waals surface area contributed by atoms with Crippen LogP contribution in [0.25, 0.3) is 11.1 Å². The van der Waals surface area contributed by atoms with E-state index < -0.39 is 0 Å². The van der Waals surface area contributed by atoms with Crippen molar-refractivity contribution < 1.29 is 0 Å². The van der Waals surface area contributed by atoms with Crippen molar-refractivity contribution in [3.63, 3.8) is 0 Å². The fourth-order valence-electron chi connectivity index (χ4n) is 3.95. The van der Waals surface area contributed by atoms with Crippen LogP contribution in [0.2, 0.25) is 0 Å². The van der Waals surface area contributed by atoms with Crippen LogP contribution >= 0.6 is 0 Å². The van der Waals surface area contributed by atoms with Gasteiger partial charge in [-0.1, -0.05) is 36.4 Å². The molecule has 0 atom stereocenters. The van der Waals surface area contributed by atoms with Crippen molar-refractivity contribution in [1.82, 2.24) is 0 Å². The Kier molecular flexibility index (Phi) is 3.10. The van der Waals surface area contributed by atoms with Gasteiger partial charge in [0.15, 0.2) is 0 Å². The summed E-state index contributed by atoms with van der Waals surface area (Å²) in [5, 5.41) is 0. The van der Waals surface area contributed by atoms with E-state index in [0.29, 0.717) is 0 Å². The Bertz CT molecular complexity index is 636. The molecular weight excluding hydrogens is 240 g/mol. The second-order valence-corrected chi connectivity index (χ2v) is 6.34. The Morgan fingerprint density at radius 2 is 1.35 bits per heavy atom. The van der Waals surface area contributed by atoms with E-state index in [0.717, 1.165) is 0 Å². The van der Waals surface area contributed by atoms with Crippen LogP contribution in [0.4, 0.5) is 0 Å². The van der Waals surface area contributed by atoms with Gasteiger partial charge >= 0.3 is 0 Å². The van der Waals surface area contributed by atoms with Crippen LogP contribution < -0.4 is 0 Å². The van der Waals surface area contributed by atoms with Crippen LogP contribution in [0.3, 0.4) is 0 Å². The van der Waals surface area contributed by atoms with Crippen LogP contribution in [-0.2, 0) is 25.7 Å². The molecule has 2 aliphatic carbocycles. The minimum atomic E-state index is 1.27. The van der Waals surface area contributed by atoms with Crippen LogP contribution in [0.15, 0.2) is 36.4 Å². The molecule has 2 aliphatic rings. The molecule has 0 heterocycles. The van der Waals surface area contributed by atoms with Gasteiger partial charge in [0.05, 0.1) is 0 Å². The van der Waals surface area contributed by atoms with E-state index >= 15 is 0 Å². The van der Waals surface area contributed by atoms with Crippen molar-refractivity contribution in [2.75, 3.05) is 0 Å². The van der Waals surface area contributed by atoms with E-state index in [9.17, 15) is 0 Å². The smallest absolute Gasteiger partial charge is 0.0149 e. The van der Waals surface area contributed by atoms with Crippen LogP contribution in [-0.4, -0.2) is 0 Å². The number of hydrogen-bond donors (Lipinski definition) is 0. The van der Waals surface area contributed by atoms with Gasteiger partial charge in [-0.2, -0.15) is 0 Å². The minimum absolute atomic E-state index is 1.27. The lowest BCUT2D eigenvalue weighted by Gasteiger charge is -2.21. The van der Waals surface area contributed by atoms with Gasteiger partial charge in [0.1, 0.15) is 0 Å². The standard InChI is InChI=1S/C20H22/c1-2-8-17-14-18(13-12-15(17)6-1)20-11-5-9-16-7-3-4-10-19(16)20/h5,9,11-14H,1-4,6-8,10H2. The quantitative estimate of drug-likeness (QED) is 0.670. The van der Waals surface area contributed by atoms with Crippen LogP contribution in [0.5, 0.6) is 0 Å². The lowest BCUT2D eigenvalue weighted by atomic mass is 9.84. The first-order chi connectivity index (χ1) is 9.92. The Balaban J connectivity index is 1.81. The normalized spacial score (nSPS) is 17.4. The van der Waals surface area contributed by atoms with E-state index in [1.54, 1.807) is 22.3 Å². The number of fused-ring (bicyclic) bond motifs is 2. The zero-order valence-electron chi connectivity index (χ0n) is 12.1. The molecule has 0 fully saturated rings. The number of aryl methyl sites for hydroxylation is 3. The molecule has 0 aliphatic heterocycles. The van der Waals surface area contributed by atoms with Crippen molar-refractivity contribution in [1.29, 1.82) is 0 Å². The Labute approximate surface area is 121 Å². The zero-order chi connectivity index (χ0) is 13.4. The average molecular weight is 262 g/mol. The lowest BCUT2D eigenvalue weighted by Crippen LogP contribution is -2.05. The molecule has 2 aromatic rings. The summed E-state index contributed by atoms with van der Waals surface area (Å²) in [4.78, 5) is 0. The number of rotatable bonds is 1. The molecule has 0 saturated heterocycles. The van der Waals surface area contributed by atoms with Gasteiger partial charge in [-0.05, 0) is 84.7 Å². The minimum Gasteiger partial charge on any atom is -0.0614 e. The molecule has 0 heteroatoms. The molecule has 0 nitrogen and oxygen atoms in total. The fraction of sp³-hybridized carbons (Fsp3) is 0.400. The number of benzene rings is 2. The predicted octanol–water partition coefficient (Wildman–Crippen LogP) is 5.11. The Hall–Kier alpha value is -1.56. The molecule has 2 aromatic carbocycles. The molecule has 0 saturated carbocycles. The predicted molar refractivity (Wildman–Crippen MR) is 85.2 cm³/mol. The summed E-state index contributed by atoms with van der Waals surface area (Å²) in [6.45, 7) is 0. The zero-order valence-corrected chi connectivity index (χ0v) is 12.1. The highest BCUT2D eigenvalue weighted by Gasteiger charge is 2.15. The van der Waals surface area contributed by atoms with Crippen molar-refractivity contribution in [2.24, 2.45) is 0 Å². The lowest BCUT2D eigenvalue weighted by molar-refractivity contribution is 0.684. The van der Waals surface area contributed by atoms with E-state index in [2.05, 4.69) is 36.4 Å². The monoisotopic (exact) mass is 262 g/mol. The largest absolute Gasteiger partial charge is 0.0614 e. The molecule has 102 valence electrons. The SMILES string of the molecule is c1cc2c(c(-c3ccc4c(c3)CCCC4)c1)CCCC2. The van der Waals surface area contributed by atoms with Gasteiger partial charge in [0, 0.05) is 0 Å². The topological polar surface area (TPSA) is 0 Å². The molecule has 0 radical (unpaired) electrons. The van der Waals surface area contributed by atoms with Gasteiger partial charge in [-0.25, -0.2) is 0 Å². The third-order valence-electron chi connectivity index (χ3n) is 5.06. The molecule has 0 amide bonds. The maximum absolute atomic E-state index is 2.47. The molecule has 0 bridgehead atoms. The summed E-state index contributed by atoms with van der Waals surface area (Å²) in [6, 6.07) is 14.1. The van der Waals surface area contributed by atoms with Crippen molar-refractivity contribution in [2.45, 2.75) is 51.4 Å². The van der Waals surface area contributed by atoms with E-state index in [-0.39, 0.29) is 0 Å². The molecule has 0 N–H and O–H groups in total. The van der Waals surface area contributed by atoms with Crippen LogP contribution in [0, 0.1) is 0 Å². The second-order valence-electron chi connectivity index (χ2n) is 6.34. The highest BCUT2D eigenvalue weighted by atomic mass is 14.2. The van der Waals surface area contributed by atoms with E-state index in [4.69, 9.17) is 0 Å². The third-order valence-corrected chi connectivity index (χ3v) is 5.06. The summed E-state index contributed by atoms with van der Waals surface area (Å²) in [7, 11) is 0. The average Bonchev–Trinajstić information content (AvgIpc) is 2.54. The summed E-state index contributed by atoms with van der Waals surface area (Å²) < 4.78 is 0. The summed E-state index contributed by atoms with van der Waals surface area (Å²) in [5.74, 6) is 0. The Morgan fingerprint density at radius 3 is 2.25 bits per heavy atom. The molecule has 0 spiro atoms. The van der Waals surface area contributed by atoms with E-state index in [1.807, 2.05) is 0 Å². The second kappa shape index (κ2) is 5.09. The molecular formula is C20H22. The van der Waals surface area contributed by atoms with Gasteiger partial charge in [-0.3, -0.25) is 0 Å². The molecule has 0 aromatic heterocycles. The molecule has 4 rings (SSSR count). The number of hydrogen-bond acceptors (Lipinski definition) is 0. The van der Waals surface area contributed by atoms with Gasteiger partial charge in [0.2, 0.25) is 0 Å². The Morgan fingerprint density at radius 1 is 0.600 bits per heavy atom. The fourth-order valence-corrected chi connectivity index (χ4v) is 3.95. The van der Waals surface area contributed by atoms with Crippen LogP contribution in [0.1, 0.15) is 47.9 Å². The summed E-state index contributed by atoms with van der Waals surface area (Å²) >= 11 is 0. The van der Waals surface area contributed by atoms with E-state index in [1.165, 1.54) is 62.5 Å². The summed E-state index contributed by atoms with van der Waals surface area (Å²) in [6.07, 6.45) is 10.5. The van der Waals surface area contributed by atoms with Crippen molar-refractivity contribution >= 4 is 0 Å². The van der Waals surface area contributed by atoms with Crippen molar-refractivity contribution in [3.05, 3.63) is 58.7 Å². The first-order valence-corrected chi connectivity index (χ1v) is 8.15. The molecule has 0 unspecified atom stereocenters.